The predicted molar refractivity (Wildman–Crippen MR) is 96.0 cm³/mol. The van der Waals surface area contributed by atoms with Crippen LogP contribution in [0.3, 0.4) is 0 Å². The minimum absolute atomic E-state index is 0.269. The van der Waals surface area contributed by atoms with Crippen LogP contribution in [-0.2, 0) is 4.79 Å². The third kappa shape index (κ3) is 4.58. The van der Waals surface area contributed by atoms with Crippen molar-refractivity contribution in [1.82, 2.24) is 0 Å². The van der Waals surface area contributed by atoms with Gasteiger partial charge in [0.1, 0.15) is 0 Å². The molecule has 1 amide bonds. The van der Waals surface area contributed by atoms with Crippen molar-refractivity contribution < 1.29 is 4.79 Å². The number of nitrogens with one attached hydrogen (secondary N) is 1. The van der Waals surface area contributed by atoms with E-state index in [0.29, 0.717) is 21.3 Å². The van der Waals surface area contributed by atoms with E-state index in [-0.39, 0.29) is 5.91 Å². The number of amides is 1. The van der Waals surface area contributed by atoms with Crippen molar-refractivity contribution >= 4 is 72.7 Å². The van der Waals surface area contributed by atoms with Crippen molar-refractivity contribution in [2.24, 2.45) is 0 Å². The van der Waals surface area contributed by atoms with E-state index in [4.69, 9.17) is 23.2 Å². The Hall–Kier alpha value is -0.810. The number of halogens is 4. The van der Waals surface area contributed by atoms with E-state index in [0.717, 1.165) is 8.95 Å². The van der Waals surface area contributed by atoms with Crippen LogP contribution < -0.4 is 5.32 Å². The number of rotatable bonds is 3. The molecule has 0 aliphatic carbocycles. The quantitative estimate of drug-likeness (QED) is 0.558. The molecular weight excluding hydrogens is 441 g/mol. The number of carbonyl (C=O) groups is 1. The largest absolute Gasteiger partial charge is 0.321 e. The summed E-state index contributed by atoms with van der Waals surface area (Å²) in [6.45, 7) is 0. The van der Waals surface area contributed by atoms with E-state index < -0.39 is 0 Å². The van der Waals surface area contributed by atoms with Crippen molar-refractivity contribution in [3.05, 3.63) is 67.0 Å². The molecule has 0 heterocycles. The lowest BCUT2D eigenvalue weighted by Crippen LogP contribution is -2.08. The summed E-state index contributed by atoms with van der Waals surface area (Å²) in [5.74, 6) is -0.269. The number of benzene rings is 2. The van der Waals surface area contributed by atoms with E-state index in [1.54, 1.807) is 30.3 Å². The number of anilines is 1. The second kappa shape index (κ2) is 7.45. The van der Waals surface area contributed by atoms with Crippen LogP contribution >= 0.6 is 55.1 Å². The zero-order chi connectivity index (χ0) is 15.4. The molecule has 108 valence electrons. The highest BCUT2D eigenvalue weighted by atomic mass is 79.9. The van der Waals surface area contributed by atoms with Crippen molar-refractivity contribution in [2.75, 3.05) is 5.32 Å². The van der Waals surface area contributed by atoms with E-state index in [1.165, 1.54) is 6.08 Å². The molecule has 0 aliphatic rings. The standard InChI is InChI=1S/C15H9Br2Cl2NO/c16-9-4-6-14(11(17)8-9)20-15(21)7-5-10-12(18)2-1-3-13(10)19/h1-8H,(H,20,21)/b7-5+. The molecular formula is C15H9Br2Cl2NO. The zero-order valence-electron chi connectivity index (χ0n) is 10.5. The van der Waals surface area contributed by atoms with Crippen LogP contribution in [0.15, 0.2) is 51.4 Å². The summed E-state index contributed by atoms with van der Waals surface area (Å²) < 4.78 is 1.71. The van der Waals surface area contributed by atoms with Gasteiger partial charge in [-0.1, -0.05) is 45.2 Å². The second-order valence-electron chi connectivity index (χ2n) is 4.08. The molecule has 2 aromatic carbocycles. The van der Waals surface area contributed by atoms with Gasteiger partial charge in [-0.05, 0) is 52.3 Å². The first-order valence-corrected chi connectivity index (χ1v) is 8.19. The van der Waals surface area contributed by atoms with Crippen molar-refractivity contribution in [3.63, 3.8) is 0 Å². The normalized spacial score (nSPS) is 10.9. The van der Waals surface area contributed by atoms with Gasteiger partial charge in [-0.3, -0.25) is 4.79 Å². The van der Waals surface area contributed by atoms with Gasteiger partial charge in [-0.15, -0.1) is 0 Å². The minimum Gasteiger partial charge on any atom is -0.321 e. The number of carbonyl (C=O) groups excluding carboxylic acids is 1. The first-order valence-electron chi connectivity index (χ1n) is 5.85. The molecule has 0 aliphatic heterocycles. The zero-order valence-corrected chi connectivity index (χ0v) is 15.2. The third-order valence-corrected chi connectivity index (χ3v) is 4.40. The van der Waals surface area contributed by atoms with Crippen molar-refractivity contribution in [3.8, 4) is 0 Å². The molecule has 21 heavy (non-hydrogen) atoms. The smallest absolute Gasteiger partial charge is 0.248 e. The van der Waals surface area contributed by atoms with Crippen LogP contribution in [0.25, 0.3) is 6.08 Å². The Balaban J connectivity index is 2.13. The van der Waals surface area contributed by atoms with Gasteiger partial charge in [0.2, 0.25) is 5.91 Å². The topological polar surface area (TPSA) is 29.1 Å². The Morgan fingerprint density at radius 1 is 1.10 bits per heavy atom. The lowest BCUT2D eigenvalue weighted by Gasteiger charge is -2.05. The summed E-state index contributed by atoms with van der Waals surface area (Å²) in [4.78, 5) is 11.9. The summed E-state index contributed by atoms with van der Waals surface area (Å²) in [5, 5.41) is 3.76. The highest BCUT2D eigenvalue weighted by Crippen LogP contribution is 2.27. The van der Waals surface area contributed by atoms with Gasteiger partial charge in [0, 0.05) is 30.6 Å². The summed E-state index contributed by atoms with van der Waals surface area (Å²) in [6.07, 6.45) is 2.98. The third-order valence-electron chi connectivity index (χ3n) is 2.59. The summed E-state index contributed by atoms with van der Waals surface area (Å²) in [5.41, 5.74) is 1.30. The molecule has 0 saturated heterocycles. The predicted octanol–water partition coefficient (Wildman–Crippen LogP) is 6.17. The lowest BCUT2D eigenvalue weighted by atomic mass is 10.2. The molecule has 0 unspecified atom stereocenters. The van der Waals surface area contributed by atoms with Gasteiger partial charge in [0.25, 0.3) is 0 Å². The van der Waals surface area contributed by atoms with Crippen LogP contribution in [-0.4, -0.2) is 5.91 Å². The first-order chi connectivity index (χ1) is 9.97. The molecule has 0 radical (unpaired) electrons. The second-order valence-corrected chi connectivity index (χ2v) is 6.67. The van der Waals surface area contributed by atoms with Gasteiger partial charge < -0.3 is 5.32 Å². The van der Waals surface area contributed by atoms with Gasteiger partial charge >= 0.3 is 0 Å². The Labute approximate surface area is 149 Å². The molecule has 0 saturated carbocycles. The molecule has 0 fully saturated rings. The lowest BCUT2D eigenvalue weighted by molar-refractivity contribution is -0.111. The summed E-state index contributed by atoms with van der Waals surface area (Å²) in [7, 11) is 0. The monoisotopic (exact) mass is 447 g/mol. The number of hydrogen-bond donors (Lipinski definition) is 1. The van der Waals surface area contributed by atoms with Crippen LogP contribution in [0.2, 0.25) is 10.0 Å². The Morgan fingerprint density at radius 3 is 2.38 bits per heavy atom. The average molecular weight is 450 g/mol. The van der Waals surface area contributed by atoms with E-state index in [2.05, 4.69) is 37.2 Å². The molecule has 1 N–H and O–H groups in total. The van der Waals surface area contributed by atoms with Crippen molar-refractivity contribution in [2.45, 2.75) is 0 Å². The van der Waals surface area contributed by atoms with E-state index in [1.807, 2.05) is 12.1 Å². The van der Waals surface area contributed by atoms with Crippen LogP contribution in [0.4, 0.5) is 5.69 Å². The molecule has 0 spiro atoms. The average Bonchev–Trinajstić information content (AvgIpc) is 2.41. The maximum atomic E-state index is 11.9. The molecule has 6 heteroatoms. The fraction of sp³-hybridized carbons (Fsp3) is 0. The fourth-order valence-electron chi connectivity index (χ4n) is 1.59. The molecule has 0 aromatic heterocycles. The van der Waals surface area contributed by atoms with Gasteiger partial charge in [-0.25, -0.2) is 0 Å². The van der Waals surface area contributed by atoms with E-state index in [9.17, 15) is 4.79 Å². The molecule has 0 atom stereocenters. The van der Waals surface area contributed by atoms with Crippen LogP contribution in [0.5, 0.6) is 0 Å². The minimum atomic E-state index is -0.269. The van der Waals surface area contributed by atoms with Crippen LogP contribution in [0, 0.1) is 0 Å². The highest BCUT2D eigenvalue weighted by molar-refractivity contribution is 9.11. The van der Waals surface area contributed by atoms with Crippen molar-refractivity contribution in [1.29, 1.82) is 0 Å². The van der Waals surface area contributed by atoms with Gasteiger partial charge in [0.05, 0.1) is 5.69 Å². The van der Waals surface area contributed by atoms with E-state index >= 15 is 0 Å². The summed E-state index contributed by atoms with van der Waals surface area (Å²) >= 11 is 18.8. The molecule has 0 bridgehead atoms. The Bertz CT molecular complexity index is 697. The summed E-state index contributed by atoms with van der Waals surface area (Å²) in [6, 6.07) is 10.7. The Morgan fingerprint density at radius 2 is 1.76 bits per heavy atom. The fourth-order valence-corrected chi connectivity index (χ4v) is 3.26. The Kier molecular flexibility index (Phi) is 5.88. The molecule has 2 rings (SSSR count). The maximum Gasteiger partial charge on any atom is 0.248 e. The number of hydrogen-bond acceptors (Lipinski definition) is 1. The van der Waals surface area contributed by atoms with Gasteiger partial charge in [0.15, 0.2) is 0 Å². The highest BCUT2D eigenvalue weighted by Gasteiger charge is 2.05. The SMILES string of the molecule is O=C(/C=C/c1c(Cl)cccc1Cl)Nc1ccc(Br)cc1Br. The first kappa shape index (κ1) is 16.6. The molecule has 2 nitrogen and oxygen atoms in total. The van der Waals surface area contributed by atoms with Gasteiger partial charge in [-0.2, -0.15) is 0 Å². The van der Waals surface area contributed by atoms with Crippen LogP contribution in [0.1, 0.15) is 5.56 Å². The maximum absolute atomic E-state index is 11.9. The molecule has 2 aromatic rings.